The first-order valence-corrected chi connectivity index (χ1v) is 5.82. The highest BCUT2D eigenvalue weighted by atomic mass is 16.1. The molecule has 15 heavy (non-hydrogen) atoms. The standard InChI is InChI=1S/C12H26N2O/c1-6-12(5,7-2)14-10(15)8-9-11(3,4)13/h6-9,13H2,1-5H3,(H,14,15). The van der Waals surface area contributed by atoms with Crippen LogP contribution >= 0.6 is 0 Å². The predicted molar refractivity (Wildman–Crippen MR) is 64.6 cm³/mol. The van der Waals surface area contributed by atoms with Gasteiger partial charge in [-0.1, -0.05) is 13.8 Å². The lowest BCUT2D eigenvalue weighted by Crippen LogP contribution is -2.45. The minimum absolute atomic E-state index is 0.0597. The van der Waals surface area contributed by atoms with Crippen molar-refractivity contribution < 1.29 is 4.79 Å². The van der Waals surface area contributed by atoms with Crippen molar-refractivity contribution in [1.82, 2.24) is 5.32 Å². The summed E-state index contributed by atoms with van der Waals surface area (Å²) in [6, 6.07) is 0. The van der Waals surface area contributed by atoms with Gasteiger partial charge in [0.25, 0.3) is 0 Å². The van der Waals surface area contributed by atoms with Crippen molar-refractivity contribution >= 4 is 5.91 Å². The van der Waals surface area contributed by atoms with Crippen molar-refractivity contribution in [3.63, 3.8) is 0 Å². The Morgan fingerprint density at radius 2 is 1.67 bits per heavy atom. The third kappa shape index (κ3) is 6.50. The number of carbonyl (C=O) groups is 1. The smallest absolute Gasteiger partial charge is 0.220 e. The molecule has 0 fully saturated rings. The minimum atomic E-state index is -0.258. The van der Waals surface area contributed by atoms with Gasteiger partial charge in [0, 0.05) is 17.5 Å². The van der Waals surface area contributed by atoms with E-state index in [4.69, 9.17) is 5.73 Å². The summed E-state index contributed by atoms with van der Waals surface area (Å²) in [6.07, 6.45) is 3.16. The molecule has 0 atom stereocenters. The first-order chi connectivity index (χ1) is 6.72. The Morgan fingerprint density at radius 1 is 1.20 bits per heavy atom. The van der Waals surface area contributed by atoms with Crippen LogP contribution < -0.4 is 11.1 Å². The average Bonchev–Trinajstić information content (AvgIpc) is 2.13. The first kappa shape index (κ1) is 14.4. The monoisotopic (exact) mass is 214 g/mol. The fourth-order valence-electron chi connectivity index (χ4n) is 1.26. The van der Waals surface area contributed by atoms with E-state index in [0.29, 0.717) is 6.42 Å². The Morgan fingerprint density at radius 3 is 2.00 bits per heavy atom. The van der Waals surface area contributed by atoms with Crippen LogP contribution in [0.15, 0.2) is 0 Å². The van der Waals surface area contributed by atoms with Gasteiger partial charge in [-0.3, -0.25) is 4.79 Å². The summed E-state index contributed by atoms with van der Waals surface area (Å²) in [5.74, 6) is 0.111. The highest BCUT2D eigenvalue weighted by Gasteiger charge is 2.22. The van der Waals surface area contributed by atoms with Gasteiger partial charge >= 0.3 is 0 Å². The van der Waals surface area contributed by atoms with Crippen LogP contribution in [0.5, 0.6) is 0 Å². The van der Waals surface area contributed by atoms with Crippen molar-refractivity contribution in [2.24, 2.45) is 5.73 Å². The van der Waals surface area contributed by atoms with Gasteiger partial charge in [-0.15, -0.1) is 0 Å². The van der Waals surface area contributed by atoms with Crippen LogP contribution in [-0.2, 0) is 4.79 Å². The lowest BCUT2D eigenvalue weighted by atomic mass is 9.94. The van der Waals surface area contributed by atoms with Crippen molar-refractivity contribution in [2.75, 3.05) is 0 Å². The average molecular weight is 214 g/mol. The van der Waals surface area contributed by atoms with Gasteiger partial charge in [-0.05, 0) is 40.0 Å². The van der Waals surface area contributed by atoms with Gasteiger partial charge in [0.2, 0.25) is 5.91 Å². The molecule has 0 aliphatic heterocycles. The fourth-order valence-corrected chi connectivity index (χ4v) is 1.26. The van der Waals surface area contributed by atoms with E-state index in [-0.39, 0.29) is 17.0 Å². The topological polar surface area (TPSA) is 55.1 Å². The summed E-state index contributed by atoms with van der Waals surface area (Å²) >= 11 is 0. The molecule has 3 nitrogen and oxygen atoms in total. The Labute approximate surface area is 93.8 Å². The first-order valence-electron chi connectivity index (χ1n) is 5.82. The van der Waals surface area contributed by atoms with Crippen LogP contribution in [0.4, 0.5) is 0 Å². The van der Waals surface area contributed by atoms with Gasteiger partial charge in [0.15, 0.2) is 0 Å². The van der Waals surface area contributed by atoms with Crippen molar-refractivity contribution in [3.05, 3.63) is 0 Å². The van der Waals surface area contributed by atoms with Crippen LogP contribution in [0.1, 0.15) is 60.3 Å². The number of hydrogen-bond acceptors (Lipinski definition) is 2. The largest absolute Gasteiger partial charge is 0.351 e. The zero-order valence-electron chi connectivity index (χ0n) is 10.8. The summed E-state index contributed by atoms with van der Waals surface area (Å²) in [7, 11) is 0. The Balaban J connectivity index is 4.04. The van der Waals surface area contributed by atoms with Crippen molar-refractivity contribution in [3.8, 4) is 0 Å². The molecular formula is C12H26N2O. The number of nitrogens with one attached hydrogen (secondary N) is 1. The van der Waals surface area contributed by atoms with Crippen LogP contribution in [0.2, 0.25) is 0 Å². The molecule has 0 radical (unpaired) electrons. The summed E-state index contributed by atoms with van der Waals surface area (Å²) in [5.41, 5.74) is 5.52. The van der Waals surface area contributed by atoms with Gasteiger partial charge < -0.3 is 11.1 Å². The molecule has 0 saturated heterocycles. The number of rotatable bonds is 6. The molecule has 1 amide bonds. The molecule has 0 saturated carbocycles. The van der Waals surface area contributed by atoms with E-state index >= 15 is 0 Å². The molecule has 0 aromatic heterocycles. The molecule has 0 rings (SSSR count). The SMILES string of the molecule is CCC(C)(CC)NC(=O)CCC(C)(C)N. The van der Waals surface area contributed by atoms with Gasteiger partial charge in [-0.25, -0.2) is 0 Å². The Bertz CT molecular complexity index is 202. The van der Waals surface area contributed by atoms with E-state index in [0.717, 1.165) is 19.3 Å². The van der Waals surface area contributed by atoms with Crippen LogP contribution in [0, 0.1) is 0 Å². The molecule has 0 aromatic rings. The van der Waals surface area contributed by atoms with Gasteiger partial charge in [-0.2, -0.15) is 0 Å². The molecular weight excluding hydrogens is 188 g/mol. The second-order valence-corrected chi connectivity index (χ2v) is 5.30. The molecule has 0 spiro atoms. The summed E-state index contributed by atoms with van der Waals surface area (Å²) in [5, 5.41) is 3.07. The van der Waals surface area contributed by atoms with E-state index in [1.165, 1.54) is 0 Å². The third-order valence-electron chi connectivity index (χ3n) is 3.00. The lowest BCUT2D eigenvalue weighted by molar-refractivity contribution is -0.123. The molecule has 3 heteroatoms. The zero-order valence-corrected chi connectivity index (χ0v) is 10.8. The Hall–Kier alpha value is -0.570. The molecule has 0 unspecified atom stereocenters. The zero-order chi connectivity index (χ0) is 12.1. The van der Waals surface area contributed by atoms with E-state index in [1.54, 1.807) is 0 Å². The quantitative estimate of drug-likeness (QED) is 0.712. The van der Waals surface area contributed by atoms with E-state index in [1.807, 2.05) is 13.8 Å². The molecule has 0 aliphatic rings. The molecule has 3 N–H and O–H groups in total. The van der Waals surface area contributed by atoms with Crippen LogP contribution in [0.25, 0.3) is 0 Å². The maximum absolute atomic E-state index is 11.7. The molecule has 0 heterocycles. The van der Waals surface area contributed by atoms with Crippen molar-refractivity contribution in [2.45, 2.75) is 71.4 Å². The minimum Gasteiger partial charge on any atom is -0.351 e. The molecule has 90 valence electrons. The lowest BCUT2D eigenvalue weighted by Gasteiger charge is -2.29. The van der Waals surface area contributed by atoms with Crippen LogP contribution in [-0.4, -0.2) is 17.0 Å². The van der Waals surface area contributed by atoms with E-state index in [9.17, 15) is 4.79 Å². The van der Waals surface area contributed by atoms with Gasteiger partial charge in [0.1, 0.15) is 0 Å². The second-order valence-electron chi connectivity index (χ2n) is 5.30. The third-order valence-corrected chi connectivity index (χ3v) is 3.00. The van der Waals surface area contributed by atoms with Crippen LogP contribution in [0.3, 0.4) is 0 Å². The Kier molecular flexibility index (Phi) is 5.29. The van der Waals surface area contributed by atoms with Crippen molar-refractivity contribution in [1.29, 1.82) is 0 Å². The molecule has 0 aromatic carbocycles. The number of nitrogens with two attached hydrogens (primary N) is 1. The highest BCUT2D eigenvalue weighted by molar-refractivity contribution is 5.76. The molecule has 0 aliphatic carbocycles. The number of amides is 1. The fraction of sp³-hybridized carbons (Fsp3) is 0.917. The highest BCUT2D eigenvalue weighted by Crippen LogP contribution is 2.14. The summed E-state index contributed by atoms with van der Waals surface area (Å²) < 4.78 is 0. The maximum Gasteiger partial charge on any atom is 0.220 e. The second kappa shape index (κ2) is 5.50. The van der Waals surface area contributed by atoms with Gasteiger partial charge in [0.05, 0.1) is 0 Å². The predicted octanol–water partition coefficient (Wildman–Crippen LogP) is 2.20. The maximum atomic E-state index is 11.7. The molecule has 0 bridgehead atoms. The van der Waals surface area contributed by atoms with E-state index < -0.39 is 0 Å². The summed E-state index contributed by atoms with van der Waals surface area (Å²) in [4.78, 5) is 11.7. The summed E-state index contributed by atoms with van der Waals surface area (Å²) in [6.45, 7) is 10.2. The normalized spacial score (nSPS) is 12.7. The van der Waals surface area contributed by atoms with E-state index in [2.05, 4.69) is 26.1 Å². The number of carbonyl (C=O) groups excluding carboxylic acids is 1. The number of hydrogen-bond donors (Lipinski definition) is 2.